The Morgan fingerprint density at radius 1 is 1.16 bits per heavy atom. The fraction of sp³-hybridized carbons (Fsp3) is 0.300. The summed E-state index contributed by atoms with van der Waals surface area (Å²) in [5, 5.41) is 2.69. The fourth-order valence-electron chi connectivity index (χ4n) is 2.90. The zero-order valence-corrected chi connectivity index (χ0v) is 21.0. The van der Waals surface area contributed by atoms with Crippen LogP contribution in [0, 0.1) is 0 Å². The molecule has 1 N–H and O–H groups in total. The van der Waals surface area contributed by atoms with Crippen LogP contribution in [0.3, 0.4) is 0 Å². The Bertz CT molecular complexity index is 1080. The highest BCUT2D eigenvalue weighted by Gasteiger charge is 2.30. The van der Waals surface area contributed by atoms with E-state index in [1.807, 2.05) is 18.2 Å². The Kier molecular flexibility index (Phi) is 8.76. The molecular formula is C20H22BrCl2N3O4S. The number of nitrogens with zero attached hydrogens (tertiary/aromatic N) is 2. The van der Waals surface area contributed by atoms with Crippen molar-refractivity contribution in [1.82, 2.24) is 10.2 Å². The van der Waals surface area contributed by atoms with E-state index in [0.29, 0.717) is 0 Å². The van der Waals surface area contributed by atoms with Crippen molar-refractivity contribution in [3.8, 4) is 0 Å². The van der Waals surface area contributed by atoms with Crippen molar-refractivity contribution in [1.29, 1.82) is 0 Å². The standard InChI is InChI=1S/C20H22BrCl2N3O4S/c1-13(20(28)24-2)25(11-14-6-4-7-15(21)10-14)18(27)12-26(31(3,29)30)17-9-5-8-16(22)19(17)23/h4-10,13H,11-12H2,1-3H3,(H,24,28). The molecule has 0 radical (unpaired) electrons. The fourth-order valence-corrected chi connectivity index (χ4v) is 4.65. The van der Waals surface area contributed by atoms with Crippen molar-refractivity contribution >= 4 is 66.7 Å². The largest absolute Gasteiger partial charge is 0.357 e. The molecule has 0 aromatic heterocycles. The molecule has 0 bridgehead atoms. The number of carbonyl (C=O) groups excluding carboxylic acids is 2. The molecule has 7 nitrogen and oxygen atoms in total. The van der Waals surface area contributed by atoms with Crippen LogP contribution in [0.5, 0.6) is 0 Å². The molecule has 2 aromatic rings. The van der Waals surface area contributed by atoms with Crippen LogP contribution in [-0.2, 0) is 26.2 Å². The van der Waals surface area contributed by atoms with E-state index < -0.39 is 28.5 Å². The average molecular weight is 551 g/mol. The van der Waals surface area contributed by atoms with Crippen molar-refractivity contribution < 1.29 is 18.0 Å². The number of halogens is 3. The molecule has 2 aromatic carbocycles. The number of carbonyl (C=O) groups is 2. The second-order valence-electron chi connectivity index (χ2n) is 6.78. The van der Waals surface area contributed by atoms with Gasteiger partial charge < -0.3 is 10.2 Å². The minimum absolute atomic E-state index is 0.0141. The van der Waals surface area contributed by atoms with Crippen molar-refractivity contribution in [3.63, 3.8) is 0 Å². The zero-order chi connectivity index (χ0) is 23.3. The molecule has 0 aliphatic rings. The number of amides is 2. The predicted molar refractivity (Wildman–Crippen MR) is 127 cm³/mol. The van der Waals surface area contributed by atoms with Gasteiger partial charge >= 0.3 is 0 Å². The lowest BCUT2D eigenvalue weighted by Crippen LogP contribution is -2.50. The molecule has 0 saturated heterocycles. The quantitative estimate of drug-likeness (QED) is 0.543. The van der Waals surface area contributed by atoms with Gasteiger partial charge in [-0.2, -0.15) is 0 Å². The van der Waals surface area contributed by atoms with Crippen molar-refractivity contribution in [2.75, 3.05) is 24.2 Å². The van der Waals surface area contributed by atoms with Gasteiger partial charge in [-0.3, -0.25) is 13.9 Å². The van der Waals surface area contributed by atoms with Crippen LogP contribution >= 0.6 is 39.1 Å². The molecular weight excluding hydrogens is 529 g/mol. The summed E-state index contributed by atoms with van der Waals surface area (Å²) in [5.41, 5.74) is 0.852. The normalized spacial score (nSPS) is 12.2. The topological polar surface area (TPSA) is 86.8 Å². The van der Waals surface area contributed by atoms with Gasteiger partial charge in [-0.15, -0.1) is 0 Å². The molecule has 11 heteroatoms. The van der Waals surface area contributed by atoms with E-state index in [2.05, 4.69) is 21.2 Å². The summed E-state index contributed by atoms with van der Waals surface area (Å²) in [4.78, 5) is 26.9. The van der Waals surface area contributed by atoms with Crippen LogP contribution in [0.4, 0.5) is 5.69 Å². The zero-order valence-electron chi connectivity index (χ0n) is 17.1. The van der Waals surface area contributed by atoms with Crippen LogP contribution in [0.2, 0.25) is 10.0 Å². The Morgan fingerprint density at radius 2 is 1.81 bits per heavy atom. The maximum atomic E-state index is 13.3. The van der Waals surface area contributed by atoms with Gasteiger partial charge in [-0.05, 0) is 36.8 Å². The lowest BCUT2D eigenvalue weighted by Gasteiger charge is -2.31. The number of hydrogen-bond donors (Lipinski definition) is 1. The number of sulfonamides is 1. The molecule has 31 heavy (non-hydrogen) atoms. The first-order valence-corrected chi connectivity index (χ1v) is 12.5. The van der Waals surface area contributed by atoms with E-state index in [4.69, 9.17) is 23.2 Å². The third-order valence-corrected chi connectivity index (χ3v) is 6.96. The van der Waals surface area contributed by atoms with Crippen LogP contribution in [0.25, 0.3) is 0 Å². The van der Waals surface area contributed by atoms with Gasteiger partial charge in [0, 0.05) is 18.1 Å². The second kappa shape index (κ2) is 10.7. The van der Waals surface area contributed by atoms with Crippen LogP contribution < -0.4 is 9.62 Å². The first-order valence-electron chi connectivity index (χ1n) is 9.13. The van der Waals surface area contributed by atoms with Crippen molar-refractivity contribution in [2.24, 2.45) is 0 Å². The first kappa shape index (κ1) is 25.5. The number of benzene rings is 2. The maximum absolute atomic E-state index is 13.3. The van der Waals surface area contributed by atoms with E-state index in [1.54, 1.807) is 19.1 Å². The minimum atomic E-state index is -3.88. The van der Waals surface area contributed by atoms with Gasteiger partial charge in [-0.1, -0.05) is 57.3 Å². The Morgan fingerprint density at radius 3 is 2.39 bits per heavy atom. The number of rotatable bonds is 8. The Labute approximate surface area is 200 Å². The maximum Gasteiger partial charge on any atom is 0.244 e. The lowest BCUT2D eigenvalue weighted by atomic mass is 10.1. The SMILES string of the molecule is CNC(=O)C(C)N(Cc1cccc(Br)c1)C(=O)CN(c1cccc(Cl)c1Cl)S(C)(=O)=O. The van der Waals surface area contributed by atoms with E-state index >= 15 is 0 Å². The number of hydrogen-bond acceptors (Lipinski definition) is 4. The van der Waals surface area contributed by atoms with Gasteiger partial charge in [0.05, 0.1) is 22.0 Å². The molecule has 1 unspecified atom stereocenters. The van der Waals surface area contributed by atoms with Gasteiger partial charge in [0.1, 0.15) is 12.6 Å². The highest BCUT2D eigenvalue weighted by molar-refractivity contribution is 9.10. The summed E-state index contributed by atoms with van der Waals surface area (Å²) < 4.78 is 26.7. The predicted octanol–water partition coefficient (Wildman–Crippen LogP) is 3.69. The summed E-state index contributed by atoms with van der Waals surface area (Å²) in [5.74, 6) is -0.951. The molecule has 0 aliphatic heterocycles. The summed E-state index contributed by atoms with van der Waals surface area (Å²) in [6.07, 6.45) is 0.971. The molecule has 0 aliphatic carbocycles. The van der Waals surface area contributed by atoms with Crippen molar-refractivity contribution in [2.45, 2.75) is 19.5 Å². The summed E-state index contributed by atoms with van der Waals surface area (Å²) >= 11 is 15.6. The van der Waals surface area contributed by atoms with Crippen LogP contribution in [-0.4, -0.2) is 51.0 Å². The van der Waals surface area contributed by atoms with Gasteiger partial charge in [0.2, 0.25) is 21.8 Å². The molecule has 0 fully saturated rings. The van der Waals surface area contributed by atoms with E-state index in [-0.39, 0.29) is 28.2 Å². The molecule has 0 saturated carbocycles. The van der Waals surface area contributed by atoms with E-state index in [9.17, 15) is 18.0 Å². The summed E-state index contributed by atoms with van der Waals surface area (Å²) in [6, 6.07) is 11.0. The highest BCUT2D eigenvalue weighted by Crippen LogP contribution is 2.33. The second-order valence-corrected chi connectivity index (χ2v) is 10.4. The number of nitrogens with one attached hydrogen (secondary N) is 1. The molecule has 2 rings (SSSR count). The third kappa shape index (κ3) is 6.58. The molecule has 1 atom stereocenters. The number of likely N-dealkylation sites (N-methyl/N-ethyl adjacent to an activating group) is 1. The summed E-state index contributed by atoms with van der Waals surface area (Å²) in [7, 11) is -2.41. The molecule has 168 valence electrons. The monoisotopic (exact) mass is 549 g/mol. The van der Waals surface area contributed by atoms with E-state index in [0.717, 1.165) is 20.6 Å². The van der Waals surface area contributed by atoms with Gasteiger partial charge in [0.25, 0.3) is 0 Å². The number of anilines is 1. The first-order chi connectivity index (χ1) is 14.5. The molecule has 0 spiro atoms. The smallest absolute Gasteiger partial charge is 0.244 e. The minimum Gasteiger partial charge on any atom is -0.357 e. The van der Waals surface area contributed by atoms with Crippen LogP contribution in [0.1, 0.15) is 12.5 Å². The molecule has 2 amide bonds. The van der Waals surface area contributed by atoms with Crippen LogP contribution in [0.15, 0.2) is 46.9 Å². The molecule has 0 heterocycles. The van der Waals surface area contributed by atoms with E-state index in [1.165, 1.54) is 24.1 Å². The average Bonchev–Trinajstić information content (AvgIpc) is 2.70. The Hall–Kier alpha value is -1.81. The highest BCUT2D eigenvalue weighted by atomic mass is 79.9. The van der Waals surface area contributed by atoms with Crippen molar-refractivity contribution in [3.05, 3.63) is 62.5 Å². The Balaban J connectivity index is 2.43. The van der Waals surface area contributed by atoms with Gasteiger partial charge in [0.15, 0.2) is 0 Å². The summed E-state index contributed by atoms with van der Waals surface area (Å²) in [6.45, 7) is 1.13. The third-order valence-electron chi connectivity index (χ3n) is 4.53. The van der Waals surface area contributed by atoms with Gasteiger partial charge in [-0.25, -0.2) is 8.42 Å². The lowest BCUT2D eigenvalue weighted by molar-refractivity contribution is -0.139.